The number of hydrogen-bond acceptors (Lipinski definition) is 10. The molecule has 12 heteroatoms. The summed E-state index contributed by atoms with van der Waals surface area (Å²) >= 11 is 0. The van der Waals surface area contributed by atoms with Gasteiger partial charge in [0.25, 0.3) is 0 Å². The van der Waals surface area contributed by atoms with Gasteiger partial charge in [0.15, 0.2) is 6.10 Å². The van der Waals surface area contributed by atoms with Crippen LogP contribution in [-0.2, 0) is 42.2 Å². The molecule has 0 fully saturated rings. The standard InChI is InChI=1S/C72H137O11P/c1-4-7-10-13-16-19-22-25-28-31-34-37-40-43-46-49-52-55-58-61-70(74)79-65-69(83-72(76)63-60-57-54-51-48-45-42-39-36-33-30-27-24-21-18-15-12-9-6-3)67-81-84(77,78)80-66-68(64-73)82-71(75)62-59-56-53-50-47-44-41-38-35-32-29-26-23-20-17-14-11-8-5-2/h16,19,25,28,68-69,73H,4-15,17-18,20-24,26-27,29-67H2,1-3H3,(H,77,78)/b19-16-,28-25-. The van der Waals surface area contributed by atoms with Crippen LogP contribution in [0.5, 0.6) is 0 Å². The number of ether oxygens (including phenoxy) is 3. The molecule has 0 aliphatic carbocycles. The monoisotopic (exact) mass is 1210 g/mol. The number of allylic oxidation sites excluding steroid dienone is 4. The zero-order chi connectivity index (χ0) is 61.2. The Morgan fingerprint density at radius 3 is 0.905 bits per heavy atom. The van der Waals surface area contributed by atoms with Gasteiger partial charge in [-0.25, -0.2) is 4.57 Å². The highest BCUT2D eigenvalue weighted by Crippen LogP contribution is 2.43. The fourth-order valence-electron chi connectivity index (χ4n) is 10.9. The molecule has 496 valence electrons. The van der Waals surface area contributed by atoms with Gasteiger partial charge in [-0.3, -0.25) is 23.4 Å². The summed E-state index contributed by atoms with van der Waals surface area (Å²) in [6, 6.07) is 0. The summed E-state index contributed by atoms with van der Waals surface area (Å²) < 4.78 is 39.9. The van der Waals surface area contributed by atoms with E-state index in [9.17, 15) is 28.9 Å². The Morgan fingerprint density at radius 2 is 0.583 bits per heavy atom. The Kier molecular flexibility index (Phi) is 65.3. The maximum absolute atomic E-state index is 13.0. The SMILES string of the molecule is CCCCC/C=C\C/C=C\CCCCCCCCCCCC(=O)OCC(COP(=O)(O)OCC(CO)OC(=O)CCCCCCCCCCCCCCCCCCCCC)OC(=O)CCCCCCCCCCCCCCCCCCCCC. The van der Waals surface area contributed by atoms with Crippen molar-refractivity contribution in [2.24, 2.45) is 0 Å². The molecule has 0 saturated heterocycles. The molecule has 11 nitrogen and oxygen atoms in total. The molecule has 0 aliphatic heterocycles. The van der Waals surface area contributed by atoms with Crippen LogP contribution in [0, 0.1) is 0 Å². The van der Waals surface area contributed by atoms with Crippen molar-refractivity contribution in [3.63, 3.8) is 0 Å². The maximum Gasteiger partial charge on any atom is 0.472 e. The average Bonchev–Trinajstić information content (AvgIpc) is 3.55. The number of aliphatic hydroxyl groups excluding tert-OH is 1. The number of phosphoric acid groups is 1. The Balaban J connectivity index is 4.61. The van der Waals surface area contributed by atoms with E-state index < -0.39 is 57.8 Å². The summed E-state index contributed by atoms with van der Waals surface area (Å²) in [6.07, 6.45) is 72.7. The lowest BCUT2D eigenvalue weighted by atomic mass is 10.0. The molecule has 0 bridgehead atoms. The third-order valence-corrected chi connectivity index (χ3v) is 17.3. The first kappa shape index (κ1) is 82.0. The Bertz CT molecular complexity index is 1500. The number of phosphoric ester groups is 1. The summed E-state index contributed by atoms with van der Waals surface area (Å²) in [6.45, 7) is 4.74. The van der Waals surface area contributed by atoms with Crippen molar-refractivity contribution in [3.05, 3.63) is 24.3 Å². The highest BCUT2D eigenvalue weighted by atomic mass is 31.2. The van der Waals surface area contributed by atoms with Crippen molar-refractivity contribution in [2.45, 2.75) is 393 Å². The lowest BCUT2D eigenvalue weighted by Crippen LogP contribution is -2.30. The second kappa shape index (κ2) is 66.9. The molecular weight excluding hydrogens is 1070 g/mol. The van der Waals surface area contributed by atoms with Crippen LogP contribution in [0.4, 0.5) is 0 Å². The van der Waals surface area contributed by atoms with Crippen molar-refractivity contribution >= 4 is 25.7 Å². The number of rotatable bonds is 69. The van der Waals surface area contributed by atoms with Crippen molar-refractivity contribution < 1.29 is 52.2 Å². The van der Waals surface area contributed by atoms with Crippen molar-refractivity contribution in [3.8, 4) is 0 Å². The first-order chi connectivity index (χ1) is 41.2. The predicted octanol–water partition coefficient (Wildman–Crippen LogP) is 22.5. The third-order valence-electron chi connectivity index (χ3n) is 16.4. The number of carbonyl (C=O) groups is 3. The summed E-state index contributed by atoms with van der Waals surface area (Å²) in [5.74, 6) is -1.43. The first-order valence-electron chi connectivity index (χ1n) is 36.2. The minimum absolute atomic E-state index is 0.175. The molecule has 0 aromatic heterocycles. The lowest BCUT2D eigenvalue weighted by molar-refractivity contribution is -0.161. The molecular formula is C72H137O11P. The lowest BCUT2D eigenvalue weighted by Gasteiger charge is -2.21. The molecule has 0 heterocycles. The highest BCUT2D eigenvalue weighted by molar-refractivity contribution is 7.47. The van der Waals surface area contributed by atoms with Crippen LogP contribution in [-0.4, -0.2) is 66.5 Å². The van der Waals surface area contributed by atoms with E-state index in [1.807, 2.05) is 0 Å². The Labute approximate surface area is 518 Å². The van der Waals surface area contributed by atoms with E-state index in [4.69, 9.17) is 23.3 Å². The van der Waals surface area contributed by atoms with Gasteiger partial charge in [0.1, 0.15) is 12.7 Å². The second-order valence-electron chi connectivity index (χ2n) is 24.8. The fraction of sp³-hybridized carbons (Fsp3) is 0.903. The van der Waals surface area contributed by atoms with Gasteiger partial charge in [-0.05, 0) is 51.4 Å². The van der Waals surface area contributed by atoms with Crippen molar-refractivity contribution in [1.29, 1.82) is 0 Å². The van der Waals surface area contributed by atoms with Crippen LogP contribution in [0.2, 0.25) is 0 Å². The number of unbranched alkanes of at least 4 members (excludes halogenated alkanes) is 48. The van der Waals surface area contributed by atoms with E-state index in [-0.39, 0.29) is 25.9 Å². The molecule has 0 spiro atoms. The zero-order valence-corrected chi connectivity index (χ0v) is 56.3. The highest BCUT2D eigenvalue weighted by Gasteiger charge is 2.28. The molecule has 0 aromatic rings. The first-order valence-corrected chi connectivity index (χ1v) is 37.7. The van der Waals surface area contributed by atoms with Crippen LogP contribution < -0.4 is 0 Å². The van der Waals surface area contributed by atoms with E-state index >= 15 is 0 Å². The smallest absolute Gasteiger partial charge is 0.462 e. The fourth-order valence-corrected chi connectivity index (χ4v) is 11.6. The van der Waals surface area contributed by atoms with Gasteiger partial charge < -0.3 is 24.2 Å². The molecule has 0 radical (unpaired) electrons. The summed E-state index contributed by atoms with van der Waals surface area (Å²) in [5, 5.41) is 9.89. The maximum atomic E-state index is 13.0. The minimum atomic E-state index is -4.75. The molecule has 0 aliphatic rings. The van der Waals surface area contributed by atoms with Gasteiger partial charge in [0.05, 0.1) is 19.8 Å². The number of carbonyl (C=O) groups excluding carboxylic acids is 3. The van der Waals surface area contributed by atoms with Gasteiger partial charge in [-0.1, -0.05) is 334 Å². The molecule has 3 atom stereocenters. The Morgan fingerprint density at radius 1 is 0.333 bits per heavy atom. The molecule has 0 amide bonds. The van der Waals surface area contributed by atoms with Gasteiger partial charge in [-0.15, -0.1) is 0 Å². The predicted molar refractivity (Wildman–Crippen MR) is 353 cm³/mol. The quantitative estimate of drug-likeness (QED) is 0.0197. The summed E-state index contributed by atoms with van der Waals surface area (Å²) in [7, 11) is -4.75. The third kappa shape index (κ3) is 64.4. The van der Waals surface area contributed by atoms with Gasteiger partial charge in [0.2, 0.25) is 0 Å². The van der Waals surface area contributed by atoms with E-state index in [2.05, 4.69) is 45.1 Å². The van der Waals surface area contributed by atoms with E-state index in [1.54, 1.807) is 0 Å². The van der Waals surface area contributed by atoms with Gasteiger partial charge in [0, 0.05) is 19.3 Å². The van der Waals surface area contributed by atoms with E-state index in [0.717, 1.165) is 70.6 Å². The molecule has 0 saturated carbocycles. The van der Waals surface area contributed by atoms with Crippen LogP contribution in [0.3, 0.4) is 0 Å². The molecule has 84 heavy (non-hydrogen) atoms. The second-order valence-corrected chi connectivity index (χ2v) is 26.2. The van der Waals surface area contributed by atoms with Crippen molar-refractivity contribution in [2.75, 3.05) is 26.4 Å². The van der Waals surface area contributed by atoms with Crippen molar-refractivity contribution in [1.82, 2.24) is 0 Å². The Hall–Kier alpha value is -2.04. The molecule has 0 aromatic carbocycles. The van der Waals surface area contributed by atoms with Crippen LogP contribution in [0.25, 0.3) is 0 Å². The van der Waals surface area contributed by atoms with Crippen LogP contribution in [0.1, 0.15) is 380 Å². The van der Waals surface area contributed by atoms with E-state index in [1.165, 1.54) is 250 Å². The normalized spacial score (nSPS) is 13.2. The largest absolute Gasteiger partial charge is 0.472 e. The minimum Gasteiger partial charge on any atom is -0.462 e. The molecule has 2 N–H and O–H groups in total. The number of aliphatic hydroxyl groups is 1. The number of esters is 3. The average molecular weight is 1210 g/mol. The van der Waals surface area contributed by atoms with Gasteiger partial charge >= 0.3 is 25.7 Å². The van der Waals surface area contributed by atoms with E-state index in [0.29, 0.717) is 19.3 Å². The molecule has 3 unspecified atom stereocenters. The summed E-state index contributed by atoms with van der Waals surface area (Å²) in [4.78, 5) is 49.0. The summed E-state index contributed by atoms with van der Waals surface area (Å²) in [5.41, 5.74) is 0. The molecule has 0 rings (SSSR count). The van der Waals surface area contributed by atoms with Crippen LogP contribution in [0.15, 0.2) is 24.3 Å². The van der Waals surface area contributed by atoms with Crippen LogP contribution >= 0.6 is 7.82 Å². The topological polar surface area (TPSA) is 155 Å². The zero-order valence-electron chi connectivity index (χ0n) is 55.4. The van der Waals surface area contributed by atoms with Gasteiger partial charge in [-0.2, -0.15) is 0 Å². The number of hydrogen-bond donors (Lipinski definition) is 2.